The Hall–Kier alpha value is -1.59. The van der Waals surface area contributed by atoms with Crippen molar-refractivity contribution in [2.24, 2.45) is 0 Å². The number of carbonyl (C=O) groups excluding carboxylic acids is 2. The normalized spacial score (nSPS) is 15.1. The highest BCUT2D eigenvalue weighted by molar-refractivity contribution is 6.31. The van der Waals surface area contributed by atoms with Gasteiger partial charge in [0.15, 0.2) is 0 Å². The van der Waals surface area contributed by atoms with Gasteiger partial charge in [-0.25, -0.2) is 0 Å². The fraction of sp³-hybridized carbons (Fsp3) is 0.529. The molecule has 0 aliphatic carbocycles. The summed E-state index contributed by atoms with van der Waals surface area (Å²) in [4.78, 5) is 25.7. The summed E-state index contributed by atoms with van der Waals surface area (Å²) in [5.74, 6) is -0.341. The van der Waals surface area contributed by atoms with Gasteiger partial charge in [0, 0.05) is 23.8 Å². The first kappa shape index (κ1) is 17.8. The second-order valence-electron chi connectivity index (χ2n) is 5.80. The molecule has 0 radical (unpaired) electrons. The fourth-order valence-electron chi connectivity index (χ4n) is 2.51. The second kappa shape index (κ2) is 8.89. The van der Waals surface area contributed by atoms with Crippen LogP contribution in [0.3, 0.4) is 0 Å². The number of rotatable bonds is 5. The lowest BCUT2D eigenvalue weighted by Crippen LogP contribution is -2.35. The molecule has 2 amide bonds. The van der Waals surface area contributed by atoms with E-state index < -0.39 is 0 Å². The maximum atomic E-state index is 12.0. The Morgan fingerprint density at radius 2 is 1.87 bits per heavy atom. The lowest BCUT2D eigenvalue weighted by Gasteiger charge is -2.20. The molecule has 0 unspecified atom stereocenters. The van der Waals surface area contributed by atoms with E-state index >= 15 is 0 Å². The van der Waals surface area contributed by atoms with Gasteiger partial charge < -0.3 is 15.0 Å². The number of nitrogens with one attached hydrogen (secondary N) is 1. The van der Waals surface area contributed by atoms with E-state index in [2.05, 4.69) is 5.32 Å². The first-order valence-corrected chi connectivity index (χ1v) is 8.35. The molecular weight excluding hydrogens is 316 g/mol. The number of carbonyl (C=O) groups is 2. The molecule has 1 heterocycles. The molecule has 1 aliphatic rings. The molecule has 0 saturated carbocycles. The molecule has 2 rings (SSSR count). The minimum Gasteiger partial charge on any atom is -0.362 e. The second-order valence-corrected chi connectivity index (χ2v) is 6.21. The van der Waals surface area contributed by atoms with E-state index in [1.165, 1.54) is 12.8 Å². The van der Waals surface area contributed by atoms with E-state index in [4.69, 9.17) is 16.3 Å². The van der Waals surface area contributed by atoms with Crippen LogP contribution < -0.4 is 5.32 Å². The maximum Gasteiger partial charge on any atom is 0.250 e. The van der Waals surface area contributed by atoms with E-state index in [1.807, 2.05) is 17.9 Å². The van der Waals surface area contributed by atoms with Crippen LogP contribution >= 0.6 is 11.6 Å². The van der Waals surface area contributed by atoms with Gasteiger partial charge in [-0.15, -0.1) is 0 Å². The minimum absolute atomic E-state index is 0.0434. The van der Waals surface area contributed by atoms with Crippen molar-refractivity contribution in [2.45, 2.75) is 32.6 Å². The molecule has 0 atom stereocenters. The highest BCUT2D eigenvalue weighted by Gasteiger charge is 2.16. The Morgan fingerprint density at radius 3 is 2.52 bits per heavy atom. The van der Waals surface area contributed by atoms with Crippen molar-refractivity contribution in [2.75, 3.05) is 31.6 Å². The number of hydrogen-bond acceptors (Lipinski definition) is 3. The quantitative estimate of drug-likeness (QED) is 0.897. The van der Waals surface area contributed by atoms with E-state index in [0.717, 1.165) is 31.5 Å². The molecule has 1 N–H and O–H groups in total. The number of benzene rings is 1. The van der Waals surface area contributed by atoms with Gasteiger partial charge in [-0.05, 0) is 37.5 Å². The van der Waals surface area contributed by atoms with Crippen molar-refractivity contribution < 1.29 is 14.3 Å². The average Bonchev–Trinajstić information content (AvgIpc) is 2.80. The average molecular weight is 339 g/mol. The molecule has 0 bridgehead atoms. The van der Waals surface area contributed by atoms with Gasteiger partial charge in [0.2, 0.25) is 11.8 Å². The summed E-state index contributed by atoms with van der Waals surface area (Å²) in [5.41, 5.74) is 1.57. The fourth-order valence-corrected chi connectivity index (χ4v) is 2.69. The number of amides is 2. The van der Waals surface area contributed by atoms with Crippen molar-refractivity contribution >= 4 is 29.1 Å². The third-order valence-corrected chi connectivity index (χ3v) is 4.28. The molecule has 1 aromatic carbocycles. The number of ether oxygens (including phenoxy) is 1. The van der Waals surface area contributed by atoms with Gasteiger partial charge >= 0.3 is 0 Å². The Morgan fingerprint density at radius 1 is 1.17 bits per heavy atom. The van der Waals surface area contributed by atoms with Gasteiger partial charge in [-0.1, -0.05) is 30.5 Å². The summed E-state index contributed by atoms with van der Waals surface area (Å²) < 4.78 is 5.24. The topological polar surface area (TPSA) is 58.6 Å². The smallest absolute Gasteiger partial charge is 0.250 e. The molecule has 23 heavy (non-hydrogen) atoms. The van der Waals surface area contributed by atoms with Crippen LogP contribution in [0.15, 0.2) is 18.2 Å². The molecule has 1 saturated heterocycles. The predicted molar refractivity (Wildman–Crippen MR) is 90.7 cm³/mol. The van der Waals surface area contributed by atoms with Gasteiger partial charge in [0.05, 0.1) is 0 Å². The van der Waals surface area contributed by atoms with Crippen molar-refractivity contribution in [1.82, 2.24) is 4.90 Å². The Kier molecular flexibility index (Phi) is 6.86. The summed E-state index contributed by atoms with van der Waals surface area (Å²) in [6.07, 6.45) is 4.43. The van der Waals surface area contributed by atoms with Crippen molar-refractivity contribution in [1.29, 1.82) is 0 Å². The number of halogens is 1. The van der Waals surface area contributed by atoms with Crippen LogP contribution in [0.5, 0.6) is 0 Å². The zero-order chi connectivity index (χ0) is 16.7. The van der Waals surface area contributed by atoms with Crippen LogP contribution in [0.1, 0.15) is 31.2 Å². The highest BCUT2D eigenvalue weighted by atomic mass is 35.5. The van der Waals surface area contributed by atoms with E-state index in [1.54, 1.807) is 12.1 Å². The lowest BCUT2D eigenvalue weighted by atomic mass is 10.2. The number of hydrogen-bond donors (Lipinski definition) is 1. The van der Waals surface area contributed by atoms with Crippen LogP contribution in [0.25, 0.3) is 0 Å². The van der Waals surface area contributed by atoms with Crippen LogP contribution in [0, 0.1) is 6.92 Å². The zero-order valence-corrected chi connectivity index (χ0v) is 14.2. The van der Waals surface area contributed by atoms with Crippen molar-refractivity contribution in [3.8, 4) is 0 Å². The number of anilines is 1. The molecule has 0 aromatic heterocycles. The largest absolute Gasteiger partial charge is 0.362 e. The van der Waals surface area contributed by atoms with Gasteiger partial charge in [-0.3, -0.25) is 9.59 Å². The highest BCUT2D eigenvalue weighted by Crippen LogP contribution is 2.19. The summed E-state index contributed by atoms with van der Waals surface area (Å²) in [6.45, 7) is 3.27. The molecular formula is C17H23ClN2O3. The van der Waals surface area contributed by atoms with Gasteiger partial charge in [0.1, 0.15) is 13.2 Å². The van der Waals surface area contributed by atoms with E-state index in [0.29, 0.717) is 10.7 Å². The summed E-state index contributed by atoms with van der Waals surface area (Å²) in [5, 5.41) is 3.30. The zero-order valence-electron chi connectivity index (χ0n) is 13.4. The monoisotopic (exact) mass is 338 g/mol. The summed E-state index contributed by atoms with van der Waals surface area (Å²) >= 11 is 6.01. The predicted octanol–water partition coefficient (Wildman–Crippen LogP) is 3.01. The molecule has 5 nitrogen and oxygen atoms in total. The van der Waals surface area contributed by atoms with Gasteiger partial charge in [0.25, 0.3) is 0 Å². The molecule has 0 spiro atoms. The van der Waals surface area contributed by atoms with E-state index in [-0.39, 0.29) is 25.0 Å². The Bertz CT molecular complexity index is 555. The van der Waals surface area contributed by atoms with Crippen LogP contribution in [-0.2, 0) is 14.3 Å². The molecule has 6 heteroatoms. The Labute approximate surface area is 141 Å². The number of aryl methyl sites for hydroxylation is 1. The first-order chi connectivity index (χ1) is 11.1. The SMILES string of the molecule is Cc1ccc(NC(=O)COCC(=O)N2CCCCCC2)cc1Cl. The van der Waals surface area contributed by atoms with Gasteiger partial charge in [-0.2, -0.15) is 0 Å². The summed E-state index contributed by atoms with van der Waals surface area (Å²) in [7, 11) is 0. The lowest BCUT2D eigenvalue weighted by molar-refractivity contribution is -0.137. The maximum absolute atomic E-state index is 12.0. The van der Waals surface area contributed by atoms with E-state index in [9.17, 15) is 9.59 Å². The third kappa shape index (κ3) is 5.84. The number of nitrogens with zero attached hydrogens (tertiary/aromatic N) is 1. The Balaban J connectivity index is 1.71. The minimum atomic E-state index is -0.298. The van der Waals surface area contributed by atoms with Crippen LogP contribution in [0.4, 0.5) is 5.69 Å². The third-order valence-electron chi connectivity index (χ3n) is 3.87. The summed E-state index contributed by atoms with van der Waals surface area (Å²) in [6, 6.07) is 5.31. The standard InChI is InChI=1S/C17H23ClN2O3/c1-13-6-7-14(10-15(13)18)19-16(21)11-23-12-17(22)20-8-4-2-3-5-9-20/h6-7,10H,2-5,8-9,11-12H2,1H3,(H,19,21). The van der Waals surface area contributed by atoms with Crippen LogP contribution in [0.2, 0.25) is 5.02 Å². The first-order valence-electron chi connectivity index (χ1n) is 7.98. The molecule has 1 aromatic rings. The molecule has 126 valence electrons. The molecule has 1 aliphatic heterocycles. The van der Waals surface area contributed by atoms with Crippen molar-refractivity contribution in [3.63, 3.8) is 0 Å². The van der Waals surface area contributed by atoms with Crippen LogP contribution in [-0.4, -0.2) is 43.0 Å². The van der Waals surface area contributed by atoms with Crippen molar-refractivity contribution in [3.05, 3.63) is 28.8 Å². The number of likely N-dealkylation sites (tertiary alicyclic amines) is 1. The molecule has 1 fully saturated rings.